The van der Waals surface area contributed by atoms with Gasteiger partial charge >= 0.3 is 35.6 Å². The number of nitrogens with zero attached hydrogens (tertiary/aromatic N) is 2. The first-order valence-electron chi connectivity index (χ1n) is 8.31. The molecule has 1 aliphatic carbocycles. The number of hydrogen-bond acceptors (Lipinski definition) is 1. The molecule has 0 aliphatic heterocycles. The molecule has 0 N–H and O–H groups in total. The molecule has 1 saturated carbocycles. The van der Waals surface area contributed by atoms with Gasteiger partial charge in [0.25, 0.3) is 0 Å². The molecule has 0 aromatic heterocycles. The van der Waals surface area contributed by atoms with E-state index in [0.717, 1.165) is 25.6 Å². The molecule has 1 rings (SSSR count). The fourth-order valence-electron chi connectivity index (χ4n) is 2.25. The van der Waals surface area contributed by atoms with Crippen LogP contribution in [0.5, 0.6) is 0 Å². The molecule has 0 aromatic rings. The van der Waals surface area contributed by atoms with Crippen LogP contribution in [0.1, 0.15) is 65.7 Å². The van der Waals surface area contributed by atoms with Crippen LogP contribution in [0, 0.1) is 48.4 Å². The Morgan fingerprint density at radius 1 is 1.00 bits per heavy atom. The molecule has 0 saturated heterocycles. The molecule has 4 heteroatoms. The van der Waals surface area contributed by atoms with Gasteiger partial charge < -0.3 is 22.3 Å². The summed E-state index contributed by atoms with van der Waals surface area (Å²) in [6, 6.07) is 0. The fourth-order valence-corrected chi connectivity index (χ4v) is 2.25. The minimum absolute atomic E-state index is 0. The van der Waals surface area contributed by atoms with Crippen molar-refractivity contribution in [3.05, 3.63) is 17.6 Å². The third-order valence-electron chi connectivity index (χ3n) is 3.33. The smallest absolute Gasteiger partial charge is 0.681 e. The fraction of sp³-hybridized carbons (Fsp3) is 0.941. The van der Waals surface area contributed by atoms with Crippen molar-refractivity contribution in [1.82, 2.24) is 0 Å². The van der Waals surface area contributed by atoms with E-state index in [1.807, 2.05) is 13.8 Å². The maximum Gasteiger partial charge on any atom is 3.00 e. The summed E-state index contributed by atoms with van der Waals surface area (Å²) in [5, 5.41) is 7.99. The van der Waals surface area contributed by atoms with E-state index in [0.29, 0.717) is 6.67 Å². The molecule has 3 nitrogen and oxygen atoms in total. The molecule has 0 radical (unpaired) electrons. The summed E-state index contributed by atoms with van der Waals surface area (Å²) in [6.45, 7) is 12.5. The van der Waals surface area contributed by atoms with Gasteiger partial charge in [0, 0.05) is 13.7 Å². The van der Waals surface area contributed by atoms with E-state index in [-0.39, 0.29) is 35.6 Å². The van der Waals surface area contributed by atoms with Gasteiger partial charge in [0.15, 0.2) is 0 Å². The molecule has 0 heterocycles. The Kier molecular flexibility index (Phi) is 33.4. The topological polar surface area (TPSA) is 37.4 Å². The van der Waals surface area contributed by atoms with Crippen LogP contribution in [0.25, 0.3) is 10.6 Å². The summed E-state index contributed by atoms with van der Waals surface area (Å²) in [6.07, 6.45) is 10.0. The first-order chi connectivity index (χ1) is 9.85. The molecule has 0 unspecified atom stereocenters. The summed E-state index contributed by atoms with van der Waals surface area (Å²) in [7, 11) is 1.79. The Labute approximate surface area is 162 Å². The Morgan fingerprint density at radius 2 is 1.52 bits per heavy atom. The summed E-state index contributed by atoms with van der Waals surface area (Å²) in [4.78, 5) is 0. The van der Waals surface area contributed by atoms with Crippen molar-refractivity contribution in [2.45, 2.75) is 65.7 Å². The van der Waals surface area contributed by atoms with Crippen molar-refractivity contribution in [2.24, 2.45) is 5.92 Å². The zero-order valence-corrected chi connectivity index (χ0v) is 18.6. The first kappa shape index (κ1) is 26.9. The van der Waals surface area contributed by atoms with Gasteiger partial charge in [-0.3, -0.25) is 6.67 Å². The number of hydrogen-bond donors (Lipinski definition) is 0. The number of rotatable bonds is 9. The molecular formula is C17H37LaN2O. The van der Waals surface area contributed by atoms with E-state index in [1.54, 1.807) is 14.0 Å². The molecule has 0 atom stereocenters. The van der Waals surface area contributed by atoms with Crippen LogP contribution in [0.3, 0.4) is 0 Å². The number of methoxy groups -OCH3 is 1. The van der Waals surface area contributed by atoms with E-state index in [1.165, 1.54) is 44.9 Å². The molecule has 1 aliphatic rings. The predicted octanol–water partition coefficient (Wildman–Crippen LogP) is 5.56. The average Bonchev–Trinajstić information content (AvgIpc) is 3.00. The zero-order chi connectivity index (χ0) is 15.5. The number of ether oxygens (including phenoxy) is 1. The summed E-state index contributed by atoms with van der Waals surface area (Å²) < 4.78 is 5.01. The van der Waals surface area contributed by atoms with E-state index < -0.39 is 0 Å². The van der Waals surface area contributed by atoms with Crippen LogP contribution in [0.4, 0.5) is 0 Å². The minimum atomic E-state index is 0. The van der Waals surface area contributed by atoms with Crippen molar-refractivity contribution >= 4 is 0 Å². The van der Waals surface area contributed by atoms with E-state index in [2.05, 4.69) is 17.6 Å². The van der Waals surface area contributed by atoms with Gasteiger partial charge in [0.2, 0.25) is 0 Å². The largest absolute Gasteiger partial charge is 3.00 e. The third-order valence-corrected chi connectivity index (χ3v) is 3.33. The zero-order valence-electron chi connectivity index (χ0n) is 14.9. The van der Waals surface area contributed by atoms with Crippen LogP contribution >= 0.6 is 0 Å². The summed E-state index contributed by atoms with van der Waals surface area (Å²) in [5.41, 5.74) is 0. The third kappa shape index (κ3) is 23.5. The monoisotopic (exact) mass is 424 g/mol. The van der Waals surface area contributed by atoms with Crippen LogP contribution in [0.2, 0.25) is 0 Å². The Bertz CT molecular complexity index is 150. The van der Waals surface area contributed by atoms with Crippen molar-refractivity contribution in [2.75, 3.05) is 33.5 Å². The van der Waals surface area contributed by atoms with Gasteiger partial charge in [-0.15, -0.1) is 0 Å². The molecule has 0 aromatic carbocycles. The van der Waals surface area contributed by atoms with Crippen molar-refractivity contribution < 1.29 is 40.3 Å². The van der Waals surface area contributed by atoms with Gasteiger partial charge in [-0.25, -0.2) is 0 Å². The standard InChI is InChI=1S/C10H20O.C5H12N2.C2H5.La/c1-11-9-5-4-8-10-6-2-3-7-10;1-3-6-5-7-4-2;1-2;/h10H,2-9H2,1H3;3-5H2,1-2H3;1H2,2H3;/q;-2;-1;+3. The van der Waals surface area contributed by atoms with Crippen LogP contribution in [0.15, 0.2) is 0 Å². The summed E-state index contributed by atoms with van der Waals surface area (Å²) >= 11 is 0. The van der Waals surface area contributed by atoms with E-state index in [4.69, 9.17) is 4.74 Å². The van der Waals surface area contributed by atoms with E-state index >= 15 is 0 Å². The van der Waals surface area contributed by atoms with E-state index in [9.17, 15) is 0 Å². The summed E-state index contributed by atoms with van der Waals surface area (Å²) in [5.74, 6) is 1.06. The normalized spacial score (nSPS) is 13.6. The average molecular weight is 424 g/mol. The Hall–Kier alpha value is 1.07. The molecule has 1 fully saturated rings. The molecule has 0 amide bonds. The molecular weight excluding hydrogens is 387 g/mol. The Morgan fingerprint density at radius 3 is 1.95 bits per heavy atom. The van der Waals surface area contributed by atoms with Gasteiger partial charge in [-0.1, -0.05) is 52.4 Å². The van der Waals surface area contributed by atoms with Crippen LogP contribution in [-0.4, -0.2) is 33.5 Å². The Balaban J connectivity index is -0.000000285. The first-order valence-corrected chi connectivity index (χ1v) is 8.31. The second-order valence-electron chi connectivity index (χ2n) is 4.86. The number of unbranched alkanes of at least 4 members (excludes halogenated alkanes) is 1. The maximum absolute atomic E-state index is 5.01. The molecule has 124 valence electrons. The molecule has 21 heavy (non-hydrogen) atoms. The van der Waals surface area contributed by atoms with Gasteiger partial charge in [-0.05, 0) is 12.3 Å². The second kappa shape index (κ2) is 26.0. The quantitative estimate of drug-likeness (QED) is 0.353. The molecule has 0 bridgehead atoms. The maximum atomic E-state index is 5.01. The van der Waals surface area contributed by atoms with Crippen molar-refractivity contribution in [3.63, 3.8) is 0 Å². The van der Waals surface area contributed by atoms with Gasteiger partial charge in [0.05, 0.1) is 0 Å². The van der Waals surface area contributed by atoms with Gasteiger partial charge in [0.1, 0.15) is 0 Å². The van der Waals surface area contributed by atoms with Crippen molar-refractivity contribution in [3.8, 4) is 0 Å². The van der Waals surface area contributed by atoms with Gasteiger partial charge in [-0.2, -0.15) is 20.0 Å². The second-order valence-corrected chi connectivity index (χ2v) is 4.86. The SMILES string of the molecule is CC[N-]C[N-]CC.COCCCCC1CCCC1.[CH2-]C.[La+3]. The van der Waals surface area contributed by atoms with Crippen LogP contribution < -0.4 is 0 Å². The van der Waals surface area contributed by atoms with Crippen molar-refractivity contribution in [1.29, 1.82) is 0 Å². The van der Waals surface area contributed by atoms with Crippen LogP contribution in [-0.2, 0) is 4.74 Å². The molecule has 0 spiro atoms. The predicted molar refractivity (Wildman–Crippen MR) is 91.4 cm³/mol. The minimum Gasteiger partial charge on any atom is -0.681 e.